The Kier molecular flexibility index (Phi) is 4.34. The lowest BCUT2D eigenvalue weighted by Crippen LogP contribution is -2.42. The summed E-state index contributed by atoms with van der Waals surface area (Å²) in [5, 5.41) is 1.21. The van der Waals surface area contributed by atoms with Crippen LogP contribution in [-0.4, -0.2) is 40.5 Å². The molecule has 25 heavy (non-hydrogen) atoms. The van der Waals surface area contributed by atoms with E-state index in [-0.39, 0.29) is 12.0 Å². The third-order valence-corrected chi connectivity index (χ3v) is 4.67. The van der Waals surface area contributed by atoms with Crippen molar-refractivity contribution in [1.82, 2.24) is 14.9 Å². The van der Waals surface area contributed by atoms with Crippen molar-refractivity contribution in [2.45, 2.75) is 6.10 Å². The molecule has 6 heteroatoms. The number of aromatic nitrogens is 2. The number of amides is 1. The topological polar surface area (TPSA) is 55.3 Å². The van der Waals surface area contributed by atoms with E-state index in [0.717, 1.165) is 16.5 Å². The van der Waals surface area contributed by atoms with Crippen molar-refractivity contribution in [2.24, 2.45) is 0 Å². The van der Waals surface area contributed by atoms with Crippen LogP contribution in [0, 0.1) is 0 Å². The molecule has 0 spiro atoms. The summed E-state index contributed by atoms with van der Waals surface area (Å²) < 4.78 is 5.82. The molecule has 0 saturated carbocycles. The fourth-order valence-corrected chi connectivity index (χ4v) is 3.35. The second kappa shape index (κ2) is 6.78. The molecule has 0 bridgehead atoms. The molecule has 4 rings (SSSR count). The minimum atomic E-state index is -0.182. The Morgan fingerprint density at radius 1 is 1.20 bits per heavy atom. The summed E-state index contributed by atoms with van der Waals surface area (Å²) in [6.45, 7) is 1.48. The monoisotopic (exact) mass is 353 g/mol. The largest absolute Gasteiger partial charge is 0.370 e. The van der Waals surface area contributed by atoms with E-state index in [0.29, 0.717) is 30.3 Å². The molecule has 0 N–H and O–H groups in total. The number of carbonyl (C=O) groups excluding carboxylic acids is 1. The van der Waals surface area contributed by atoms with Crippen LogP contribution in [0.2, 0.25) is 5.02 Å². The zero-order chi connectivity index (χ0) is 17.2. The minimum Gasteiger partial charge on any atom is -0.370 e. The van der Waals surface area contributed by atoms with Crippen molar-refractivity contribution >= 4 is 28.4 Å². The van der Waals surface area contributed by atoms with Crippen LogP contribution in [0.1, 0.15) is 22.0 Å². The smallest absolute Gasteiger partial charge is 0.256 e. The molecule has 0 radical (unpaired) electrons. The molecule has 126 valence electrons. The third-order valence-electron chi connectivity index (χ3n) is 4.36. The summed E-state index contributed by atoms with van der Waals surface area (Å²) in [6, 6.07) is 11.1. The van der Waals surface area contributed by atoms with Gasteiger partial charge in [-0.25, -0.2) is 0 Å². The Hall–Kier alpha value is -2.50. The van der Waals surface area contributed by atoms with Crippen LogP contribution < -0.4 is 0 Å². The average Bonchev–Trinajstić information content (AvgIpc) is 2.68. The van der Waals surface area contributed by atoms with E-state index in [1.807, 2.05) is 30.3 Å². The van der Waals surface area contributed by atoms with Crippen molar-refractivity contribution in [3.63, 3.8) is 0 Å². The van der Waals surface area contributed by atoms with E-state index in [2.05, 4.69) is 9.97 Å². The SMILES string of the molecule is O=C(c1c(Cl)ccc2ncccc12)N1CCOC(c2cccnc2)C1. The predicted molar refractivity (Wildman–Crippen MR) is 95.6 cm³/mol. The van der Waals surface area contributed by atoms with E-state index in [1.54, 1.807) is 29.6 Å². The number of hydrogen-bond donors (Lipinski definition) is 0. The molecule has 0 aliphatic carbocycles. The fourth-order valence-electron chi connectivity index (χ4n) is 3.10. The van der Waals surface area contributed by atoms with Crippen LogP contribution in [0.5, 0.6) is 0 Å². The highest BCUT2D eigenvalue weighted by Crippen LogP contribution is 2.29. The second-order valence-electron chi connectivity index (χ2n) is 5.89. The van der Waals surface area contributed by atoms with E-state index >= 15 is 0 Å². The standard InChI is InChI=1S/C19H16ClN3O2/c20-15-5-6-16-14(4-2-8-22-16)18(15)19(24)23-9-10-25-17(12-23)13-3-1-7-21-11-13/h1-8,11,17H,9-10,12H2. The summed E-state index contributed by atoms with van der Waals surface area (Å²) in [7, 11) is 0. The van der Waals surface area contributed by atoms with Gasteiger partial charge in [0, 0.05) is 36.1 Å². The van der Waals surface area contributed by atoms with Gasteiger partial charge in [-0.05, 0) is 24.3 Å². The molecule has 3 aromatic rings. The van der Waals surface area contributed by atoms with Gasteiger partial charge in [-0.1, -0.05) is 23.7 Å². The molecule has 1 atom stereocenters. The van der Waals surface area contributed by atoms with Gasteiger partial charge in [0.1, 0.15) is 6.10 Å². The molecular weight excluding hydrogens is 338 g/mol. The first-order chi connectivity index (χ1) is 12.2. The van der Waals surface area contributed by atoms with Gasteiger partial charge in [0.2, 0.25) is 0 Å². The maximum Gasteiger partial charge on any atom is 0.256 e. The molecule has 2 aromatic heterocycles. The molecule has 1 amide bonds. The lowest BCUT2D eigenvalue weighted by Gasteiger charge is -2.33. The summed E-state index contributed by atoms with van der Waals surface area (Å²) in [5.74, 6) is -0.0965. The van der Waals surface area contributed by atoms with Gasteiger partial charge in [-0.15, -0.1) is 0 Å². The van der Waals surface area contributed by atoms with Crippen molar-refractivity contribution in [3.8, 4) is 0 Å². The molecule has 1 aromatic carbocycles. The van der Waals surface area contributed by atoms with E-state index in [1.165, 1.54) is 0 Å². The highest BCUT2D eigenvalue weighted by Gasteiger charge is 2.28. The molecule has 1 aliphatic heterocycles. The lowest BCUT2D eigenvalue weighted by atomic mass is 10.1. The van der Waals surface area contributed by atoms with Crippen molar-refractivity contribution < 1.29 is 9.53 Å². The maximum absolute atomic E-state index is 13.2. The number of nitrogens with zero attached hydrogens (tertiary/aromatic N) is 3. The van der Waals surface area contributed by atoms with Crippen molar-refractivity contribution in [3.05, 3.63) is 71.1 Å². The van der Waals surface area contributed by atoms with Crippen LogP contribution in [0.3, 0.4) is 0 Å². The summed E-state index contributed by atoms with van der Waals surface area (Å²) in [6.07, 6.45) is 5.02. The van der Waals surface area contributed by atoms with Gasteiger partial charge in [0.05, 0.1) is 29.3 Å². The Morgan fingerprint density at radius 3 is 2.92 bits per heavy atom. The zero-order valence-electron chi connectivity index (χ0n) is 13.4. The van der Waals surface area contributed by atoms with Crippen LogP contribution in [0.4, 0.5) is 0 Å². The lowest BCUT2D eigenvalue weighted by molar-refractivity contribution is -0.0228. The van der Waals surface area contributed by atoms with E-state index in [9.17, 15) is 4.79 Å². The number of fused-ring (bicyclic) bond motifs is 1. The summed E-state index contributed by atoms with van der Waals surface area (Å²) >= 11 is 6.35. The highest BCUT2D eigenvalue weighted by atomic mass is 35.5. The third kappa shape index (κ3) is 3.08. The Morgan fingerprint density at radius 2 is 2.08 bits per heavy atom. The number of hydrogen-bond acceptors (Lipinski definition) is 4. The molecule has 1 fully saturated rings. The Balaban J connectivity index is 1.66. The zero-order valence-corrected chi connectivity index (χ0v) is 14.2. The van der Waals surface area contributed by atoms with Gasteiger partial charge >= 0.3 is 0 Å². The van der Waals surface area contributed by atoms with Crippen LogP contribution >= 0.6 is 11.6 Å². The second-order valence-corrected chi connectivity index (χ2v) is 6.30. The number of morpholine rings is 1. The fraction of sp³-hybridized carbons (Fsp3) is 0.211. The normalized spacial score (nSPS) is 17.6. The van der Waals surface area contributed by atoms with E-state index < -0.39 is 0 Å². The number of ether oxygens (including phenoxy) is 1. The first kappa shape index (κ1) is 16.0. The summed E-state index contributed by atoms with van der Waals surface area (Å²) in [5.41, 5.74) is 2.22. The maximum atomic E-state index is 13.2. The number of rotatable bonds is 2. The average molecular weight is 354 g/mol. The quantitative estimate of drug-likeness (QED) is 0.707. The van der Waals surface area contributed by atoms with E-state index in [4.69, 9.17) is 16.3 Å². The van der Waals surface area contributed by atoms with Crippen molar-refractivity contribution in [1.29, 1.82) is 0 Å². The number of carbonyl (C=O) groups is 1. The first-order valence-corrected chi connectivity index (χ1v) is 8.46. The predicted octanol–water partition coefficient (Wildman–Crippen LogP) is 3.50. The molecule has 1 aliphatic rings. The van der Waals surface area contributed by atoms with Gasteiger partial charge in [0.15, 0.2) is 0 Å². The van der Waals surface area contributed by atoms with Crippen LogP contribution in [-0.2, 0) is 4.74 Å². The van der Waals surface area contributed by atoms with Crippen LogP contribution in [0.25, 0.3) is 10.9 Å². The number of benzene rings is 1. The number of pyridine rings is 2. The molecule has 1 unspecified atom stereocenters. The van der Waals surface area contributed by atoms with Gasteiger partial charge in [0.25, 0.3) is 5.91 Å². The molecule has 5 nitrogen and oxygen atoms in total. The first-order valence-electron chi connectivity index (χ1n) is 8.08. The van der Waals surface area contributed by atoms with Gasteiger partial charge in [-0.3, -0.25) is 14.8 Å². The van der Waals surface area contributed by atoms with Crippen molar-refractivity contribution in [2.75, 3.05) is 19.7 Å². The van der Waals surface area contributed by atoms with Gasteiger partial charge in [-0.2, -0.15) is 0 Å². The summed E-state index contributed by atoms with van der Waals surface area (Å²) in [4.78, 5) is 23.4. The minimum absolute atomic E-state index is 0.0965. The molecular formula is C19H16ClN3O2. The molecule has 1 saturated heterocycles. The number of halogens is 1. The van der Waals surface area contributed by atoms with Crippen LogP contribution in [0.15, 0.2) is 55.0 Å². The Bertz CT molecular complexity index is 917. The molecule has 3 heterocycles. The van der Waals surface area contributed by atoms with Gasteiger partial charge < -0.3 is 9.64 Å². The highest BCUT2D eigenvalue weighted by molar-refractivity contribution is 6.35. The Labute approximate surface area is 150 Å².